The molecule has 1 saturated carbocycles. The van der Waals surface area contributed by atoms with Gasteiger partial charge >= 0.3 is 5.97 Å². The summed E-state index contributed by atoms with van der Waals surface area (Å²) in [6.07, 6.45) is 3.90. The molecule has 0 saturated heterocycles. The van der Waals surface area contributed by atoms with Gasteiger partial charge in [0.15, 0.2) is 0 Å². The minimum atomic E-state index is -0.625. The number of hydrogen-bond acceptors (Lipinski definition) is 3. The van der Waals surface area contributed by atoms with Crippen LogP contribution in [0.5, 0.6) is 0 Å². The van der Waals surface area contributed by atoms with Gasteiger partial charge in [-0.1, -0.05) is 13.0 Å². The molecule has 3 atom stereocenters. The molecule has 3 unspecified atom stereocenters. The van der Waals surface area contributed by atoms with Crippen molar-refractivity contribution in [3.8, 4) is 0 Å². The van der Waals surface area contributed by atoms with E-state index in [-0.39, 0.29) is 12.0 Å². The molecule has 0 aromatic carbocycles. The van der Waals surface area contributed by atoms with Crippen molar-refractivity contribution in [1.29, 1.82) is 0 Å². The lowest BCUT2D eigenvalue weighted by Crippen LogP contribution is -2.45. The van der Waals surface area contributed by atoms with Crippen molar-refractivity contribution in [2.24, 2.45) is 11.8 Å². The van der Waals surface area contributed by atoms with Crippen LogP contribution in [0, 0.1) is 11.8 Å². The molecular formula is C15H23NO2S. The molecule has 0 amide bonds. The van der Waals surface area contributed by atoms with E-state index in [2.05, 4.69) is 36.4 Å². The van der Waals surface area contributed by atoms with E-state index in [4.69, 9.17) is 0 Å². The summed E-state index contributed by atoms with van der Waals surface area (Å²) in [5.74, 6) is -0.172. The second-order valence-electron chi connectivity index (χ2n) is 5.74. The second kappa shape index (κ2) is 6.53. The number of thiophene rings is 1. The maximum absolute atomic E-state index is 11.4. The third-order valence-electron chi connectivity index (χ3n) is 4.25. The molecule has 1 heterocycles. The van der Waals surface area contributed by atoms with E-state index < -0.39 is 5.97 Å². The molecule has 0 aliphatic heterocycles. The van der Waals surface area contributed by atoms with Gasteiger partial charge in [0.05, 0.1) is 5.92 Å². The third-order valence-corrected chi connectivity index (χ3v) is 5.19. The first kappa shape index (κ1) is 14.5. The number of carboxylic acid groups (broad SMARTS) is 1. The summed E-state index contributed by atoms with van der Waals surface area (Å²) >= 11 is 1.78. The first-order valence-electron chi connectivity index (χ1n) is 7.03. The van der Waals surface area contributed by atoms with E-state index in [1.807, 2.05) is 0 Å². The Labute approximate surface area is 119 Å². The van der Waals surface area contributed by atoms with E-state index in [1.54, 1.807) is 11.3 Å². The molecule has 1 aromatic rings. The highest BCUT2D eigenvalue weighted by Crippen LogP contribution is 2.32. The first-order chi connectivity index (χ1) is 9.08. The Morgan fingerprint density at radius 2 is 2.32 bits per heavy atom. The number of carbonyl (C=O) groups is 1. The normalized spacial score (nSPS) is 27.6. The number of rotatable bonds is 5. The number of hydrogen-bond donors (Lipinski definition) is 1. The quantitative estimate of drug-likeness (QED) is 0.901. The Bertz CT molecular complexity index is 404. The molecule has 1 N–H and O–H groups in total. The van der Waals surface area contributed by atoms with Crippen LogP contribution < -0.4 is 0 Å². The lowest BCUT2D eigenvalue weighted by Gasteiger charge is -2.38. The Balaban J connectivity index is 1.94. The van der Waals surface area contributed by atoms with Crippen molar-refractivity contribution in [3.63, 3.8) is 0 Å². The first-order valence-corrected chi connectivity index (χ1v) is 7.91. The largest absolute Gasteiger partial charge is 0.481 e. The summed E-state index contributed by atoms with van der Waals surface area (Å²) in [5, 5.41) is 11.5. The molecule has 2 rings (SSSR count). The van der Waals surface area contributed by atoms with Crippen LogP contribution in [0.15, 0.2) is 17.5 Å². The van der Waals surface area contributed by atoms with Crippen molar-refractivity contribution in [2.75, 3.05) is 13.6 Å². The van der Waals surface area contributed by atoms with Crippen LogP contribution in [0.2, 0.25) is 0 Å². The van der Waals surface area contributed by atoms with E-state index in [0.717, 1.165) is 32.2 Å². The summed E-state index contributed by atoms with van der Waals surface area (Å²) in [5.41, 5.74) is 0. The van der Waals surface area contributed by atoms with Gasteiger partial charge in [-0.2, -0.15) is 0 Å². The maximum Gasteiger partial charge on any atom is 0.308 e. The molecule has 19 heavy (non-hydrogen) atoms. The summed E-state index contributed by atoms with van der Waals surface area (Å²) in [4.78, 5) is 15.0. The number of carboxylic acids is 1. The fourth-order valence-corrected chi connectivity index (χ4v) is 3.73. The van der Waals surface area contributed by atoms with E-state index in [1.165, 1.54) is 4.88 Å². The van der Waals surface area contributed by atoms with Crippen LogP contribution in [-0.2, 0) is 11.2 Å². The van der Waals surface area contributed by atoms with Gasteiger partial charge < -0.3 is 10.0 Å². The summed E-state index contributed by atoms with van der Waals surface area (Å²) in [6, 6.07) is 4.42. The number of nitrogens with zero attached hydrogens (tertiary/aromatic N) is 1. The average Bonchev–Trinajstić information content (AvgIpc) is 2.88. The molecule has 1 aliphatic rings. The fourth-order valence-electron chi connectivity index (χ4n) is 3.03. The van der Waals surface area contributed by atoms with Gasteiger partial charge in [0, 0.05) is 17.5 Å². The van der Waals surface area contributed by atoms with Crippen LogP contribution >= 0.6 is 11.3 Å². The van der Waals surface area contributed by atoms with Gasteiger partial charge in [-0.05, 0) is 50.1 Å². The van der Waals surface area contributed by atoms with Gasteiger partial charge in [-0.15, -0.1) is 11.3 Å². The molecule has 1 aromatic heterocycles. The average molecular weight is 281 g/mol. The lowest BCUT2D eigenvalue weighted by molar-refractivity contribution is -0.145. The monoisotopic (exact) mass is 281 g/mol. The molecule has 0 spiro atoms. The van der Waals surface area contributed by atoms with Crippen LogP contribution in [0.25, 0.3) is 0 Å². The molecule has 0 radical (unpaired) electrons. The predicted octanol–water partition coefficient (Wildman–Crippen LogP) is 3.11. The van der Waals surface area contributed by atoms with Crippen molar-refractivity contribution in [1.82, 2.24) is 4.90 Å². The smallest absolute Gasteiger partial charge is 0.308 e. The zero-order chi connectivity index (χ0) is 13.8. The van der Waals surface area contributed by atoms with E-state index >= 15 is 0 Å². The molecule has 4 heteroatoms. The minimum absolute atomic E-state index is 0.190. The Morgan fingerprint density at radius 3 is 2.95 bits per heavy atom. The van der Waals surface area contributed by atoms with Crippen molar-refractivity contribution >= 4 is 17.3 Å². The Kier molecular flexibility index (Phi) is 4.99. The summed E-state index contributed by atoms with van der Waals surface area (Å²) in [7, 11) is 2.08. The molecule has 1 fully saturated rings. The molecule has 1 aliphatic carbocycles. The van der Waals surface area contributed by atoms with Crippen molar-refractivity contribution in [3.05, 3.63) is 22.4 Å². The second-order valence-corrected chi connectivity index (χ2v) is 6.77. The van der Waals surface area contributed by atoms with Gasteiger partial charge in [0.25, 0.3) is 0 Å². The Hall–Kier alpha value is -0.870. The van der Waals surface area contributed by atoms with Gasteiger partial charge in [-0.3, -0.25) is 4.79 Å². The zero-order valence-electron chi connectivity index (χ0n) is 11.7. The van der Waals surface area contributed by atoms with Gasteiger partial charge in [0.2, 0.25) is 0 Å². The van der Waals surface area contributed by atoms with E-state index in [9.17, 15) is 9.90 Å². The zero-order valence-corrected chi connectivity index (χ0v) is 12.5. The topological polar surface area (TPSA) is 40.5 Å². The summed E-state index contributed by atoms with van der Waals surface area (Å²) in [6.45, 7) is 3.18. The third kappa shape index (κ3) is 3.80. The van der Waals surface area contributed by atoms with Gasteiger partial charge in [-0.25, -0.2) is 0 Å². The molecule has 106 valence electrons. The highest BCUT2D eigenvalue weighted by Gasteiger charge is 2.35. The van der Waals surface area contributed by atoms with E-state index in [0.29, 0.717) is 5.92 Å². The number of likely N-dealkylation sites (N-methyl/N-ethyl adjacent to an activating group) is 1. The maximum atomic E-state index is 11.4. The predicted molar refractivity (Wildman–Crippen MR) is 78.6 cm³/mol. The van der Waals surface area contributed by atoms with Crippen LogP contribution in [0.4, 0.5) is 0 Å². The fraction of sp³-hybridized carbons (Fsp3) is 0.667. The highest BCUT2D eigenvalue weighted by molar-refractivity contribution is 7.09. The number of aliphatic carboxylic acids is 1. The highest BCUT2D eigenvalue weighted by atomic mass is 32.1. The van der Waals surface area contributed by atoms with Crippen LogP contribution in [-0.4, -0.2) is 35.6 Å². The molecule has 3 nitrogen and oxygen atoms in total. The van der Waals surface area contributed by atoms with Crippen LogP contribution in [0.3, 0.4) is 0 Å². The standard InChI is InChI=1S/C15H23NO2S/c1-11-5-6-13(15(17)18)14(10-11)16(2)8-7-12-4-3-9-19-12/h3-4,9,11,13-14H,5-8,10H2,1-2H3,(H,17,18). The minimum Gasteiger partial charge on any atom is -0.481 e. The SMILES string of the molecule is CC1CCC(C(=O)O)C(N(C)CCc2cccs2)C1. The van der Waals surface area contributed by atoms with Gasteiger partial charge in [0.1, 0.15) is 0 Å². The van der Waals surface area contributed by atoms with Crippen LogP contribution in [0.1, 0.15) is 31.1 Å². The van der Waals surface area contributed by atoms with Crippen molar-refractivity contribution in [2.45, 2.75) is 38.6 Å². The Morgan fingerprint density at radius 1 is 1.53 bits per heavy atom. The molecular weight excluding hydrogens is 258 g/mol. The summed E-state index contributed by atoms with van der Waals surface area (Å²) < 4.78 is 0. The molecule has 0 bridgehead atoms. The van der Waals surface area contributed by atoms with Crippen molar-refractivity contribution < 1.29 is 9.90 Å². The lowest BCUT2D eigenvalue weighted by atomic mass is 9.78.